The van der Waals surface area contributed by atoms with E-state index >= 15 is 0 Å². The molecular weight excluding hydrogens is 253 g/mol. The molecule has 3 nitrogen and oxygen atoms in total. The molecule has 1 atom stereocenters. The van der Waals surface area contributed by atoms with E-state index in [2.05, 4.69) is 4.99 Å². The minimum atomic E-state index is -0.335. The van der Waals surface area contributed by atoms with Gasteiger partial charge in [-0.3, -0.25) is 4.79 Å². The predicted octanol–water partition coefficient (Wildman–Crippen LogP) is 1.25. The van der Waals surface area contributed by atoms with Crippen LogP contribution in [0.15, 0.2) is 4.99 Å². The third kappa shape index (κ3) is 1.51. The Hall–Kier alpha value is 0.0900. The Morgan fingerprint density at radius 2 is 2.44 bits per heavy atom. The van der Waals surface area contributed by atoms with Crippen molar-refractivity contribution in [3.63, 3.8) is 0 Å². The summed E-state index contributed by atoms with van der Waals surface area (Å²) in [7, 11) is 0. The Bertz CT molecular complexity index is 191. The van der Waals surface area contributed by atoms with Gasteiger partial charge in [0.15, 0.2) is 0 Å². The number of amides is 1. The third-order valence-electron chi connectivity index (χ3n) is 0.784. The Balaban J connectivity index is 2.75. The maximum atomic E-state index is 10.4. The fourth-order valence-electron chi connectivity index (χ4n) is 0.418. The van der Waals surface area contributed by atoms with Gasteiger partial charge in [0.05, 0.1) is 0 Å². The van der Waals surface area contributed by atoms with Crippen molar-refractivity contribution >= 4 is 49.6 Å². The Kier molecular flexibility index (Phi) is 2.23. The molecule has 5 heteroatoms. The molecule has 0 saturated carbocycles. The van der Waals surface area contributed by atoms with Crippen LogP contribution in [0.2, 0.25) is 0 Å². The van der Waals surface area contributed by atoms with Crippen LogP contribution in [0.1, 0.15) is 0 Å². The van der Waals surface area contributed by atoms with Crippen LogP contribution in [0.3, 0.4) is 0 Å². The number of carbonyl (C=O) groups is 2. The molecule has 1 aliphatic rings. The molecule has 1 heterocycles. The van der Waals surface area contributed by atoms with Crippen LogP contribution in [-0.2, 0) is 4.79 Å². The lowest BCUT2D eigenvalue weighted by atomic mass is 10.5. The average Bonchev–Trinajstić information content (AvgIpc) is 2.10. The highest BCUT2D eigenvalue weighted by molar-refractivity contribution is 14.1. The number of aldehydes is 1. The first kappa shape index (κ1) is 7.20. The first-order chi connectivity index (χ1) is 4.24. The summed E-state index contributed by atoms with van der Waals surface area (Å²) in [5, 5.41) is -0.602. The van der Waals surface area contributed by atoms with Crippen molar-refractivity contribution < 1.29 is 9.59 Å². The second kappa shape index (κ2) is 2.78. The van der Waals surface area contributed by atoms with Crippen molar-refractivity contribution in [3.05, 3.63) is 0 Å². The zero-order chi connectivity index (χ0) is 6.85. The van der Waals surface area contributed by atoms with Gasteiger partial charge in [0.25, 0.3) is 0 Å². The van der Waals surface area contributed by atoms with Crippen LogP contribution < -0.4 is 0 Å². The minimum Gasteiger partial charge on any atom is -0.302 e. The van der Waals surface area contributed by atoms with Crippen molar-refractivity contribution in [2.24, 2.45) is 4.99 Å². The van der Waals surface area contributed by atoms with Crippen LogP contribution >= 0.6 is 34.4 Å². The van der Waals surface area contributed by atoms with E-state index < -0.39 is 0 Å². The van der Waals surface area contributed by atoms with E-state index in [9.17, 15) is 9.59 Å². The summed E-state index contributed by atoms with van der Waals surface area (Å²) < 4.78 is 0.581. The second-order valence-electron chi connectivity index (χ2n) is 1.37. The fraction of sp³-hybridized carbons (Fsp3) is 0.250. The van der Waals surface area contributed by atoms with Gasteiger partial charge in [-0.05, 0) is 34.4 Å². The zero-order valence-corrected chi connectivity index (χ0v) is 7.18. The Labute approximate surface area is 69.4 Å². The van der Waals surface area contributed by atoms with Gasteiger partial charge in [-0.25, -0.2) is 4.99 Å². The van der Waals surface area contributed by atoms with Crippen LogP contribution in [0.4, 0.5) is 4.79 Å². The molecule has 0 radical (unpaired) electrons. The summed E-state index contributed by atoms with van der Waals surface area (Å²) in [6.07, 6.45) is 0.723. The number of thioether (sulfide) groups is 1. The summed E-state index contributed by atoms with van der Waals surface area (Å²) in [6, 6.07) is 0. The van der Waals surface area contributed by atoms with Crippen molar-refractivity contribution in [3.8, 4) is 0 Å². The number of nitrogens with zero attached hydrogens (tertiary/aromatic N) is 1. The zero-order valence-electron chi connectivity index (χ0n) is 4.20. The summed E-state index contributed by atoms with van der Waals surface area (Å²) in [5.74, 6) is 0. The third-order valence-corrected chi connectivity index (χ3v) is 3.00. The highest BCUT2D eigenvalue weighted by Crippen LogP contribution is 2.24. The number of aliphatic imine (C=N–C) groups is 1. The second-order valence-corrected chi connectivity index (χ2v) is 3.57. The Morgan fingerprint density at radius 1 is 1.78 bits per heavy atom. The lowest BCUT2D eigenvalue weighted by Gasteiger charge is -1.90. The van der Waals surface area contributed by atoms with E-state index in [1.54, 1.807) is 0 Å². The molecule has 9 heavy (non-hydrogen) atoms. The van der Waals surface area contributed by atoms with Crippen LogP contribution in [-0.4, -0.2) is 20.5 Å². The molecule has 48 valence electrons. The van der Waals surface area contributed by atoms with E-state index in [4.69, 9.17) is 0 Å². The molecule has 0 fully saturated rings. The molecule has 1 unspecified atom stereocenters. The number of hydrogen-bond acceptors (Lipinski definition) is 3. The molecule has 0 saturated heterocycles. The monoisotopic (exact) mass is 255 g/mol. The molecule has 0 aliphatic carbocycles. The first-order valence-corrected chi connectivity index (χ1v) is 4.10. The quantitative estimate of drug-likeness (QED) is 0.523. The van der Waals surface area contributed by atoms with Crippen molar-refractivity contribution in [2.75, 3.05) is 0 Å². The molecule has 0 N–H and O–H groups in total. The SMILES string of the molecule is O=CC1SC(=O)N=C1I. The van der Waals surface area contributed by atoms with Crippen LogP contribution in [0, 0.1) is 0 Å². The van der Waals surface area contributed by atoms with E-state index in [1.807, 2.05) is 22.6 Å². The van der Waals surface area contributed by atoms with Gasteiger partial charge in [-0.1, -0.05) is 0 Å². The van der Waals surface area contributed by atoms with Gasteiger partial charge in [-0.15, -0.1) is 0 Å². The molecule has 0 spiro atoms. The summed E-state index contributed by atoms with van der Waals surface area (Å²) in [5.41, 5.74) is 0. The fourth-order valence-corrected chi connectivity index (χ4v) is 1.90. The topological polar surface area (TPSA) is 46.5 Å². The molecular formula is C4H2INO2S. The van der Waals surface area contributed by atoms with Crippen molar-refractivity contribution in [2.45, 2.75) is 5.25 Å². The molecule has 0 aromatic heterocycles. The minimum absolute atomic E-state index is 0.267. The smallest absolute Gasteiger partial charge is 0.302 e. The van der Waals surface area contributed by atoms with Gasteiger partial charge in [0, 0.05) is 0 Å². The molecule has 0 bridgehead atoms. The van der Waals surface area contributed by atoms with Crippen molar-refractivity contribution in [1.82, 2.24) is 0 Å². The van der Waals surface area contributed by atoms with Gasteiger partial charge in [-0.2, -0.15) is 0 Å². The predicted molar refractivity (Wildman–Crippen MR) is 44.3 cm³/mol. The van der Waals surface area contributed by atoms with Crippen LogP contribution in [0.5, 0.6) is 0 Å². The van der Waals surface area contributed by atoms with Gasteiger partial charge in [0.2, 0.25) is 0 Å². The number of carbonyl (C=O) groups excluding carboxylic acids is 2. The first-order valence-electron chi connectivity index (χ1n) is 2.14. The van der Waals surface area contributed by atoms with Gasteiger partial charge >= 0.3 is 5.24 Å². The lowest BCUT2D eigenvalue weighted by Crippen LogP contribution is -2.06. The normalized spacial score (nSPS) is 26.1. The molecule has 1 rings (SSSR count). The maximum Gasteiger partial charge on any atom is 0.306 e. The molecule has 1 aliphatic heterocycles. The highest BCUT2D eigenvalue weighted by atomic mass is 127. The van der Waals surface area contributed by atoms with E-state index in [1.165, 1.54) is 0 Å². The highest BCUT2D eigenvalue weighted by Gasteiger charge is 2.24. The van der Waals surface area contributed by atoms with Gasteiger partial charge < -0.3 is 4.79 Å². The van der Waals surface area contributed by atoms with Crippen molar-refractivity contribution in [1.29, 1.82) is 0 Å². The average molecular weight is 255 g/mol. The number of rotatable bonds is 1. The van der Waals surface area contributed by atoms with E-state index in [0.717, 1.165) is 18.0 Å². The molecule has 1 amide bonds. The largest absolute Gasteiger partial charge is 0.306 e. The number of hydrogen-bond donors (Lipinski definition) is 0. The van der Waals surface area contributed by atoms with Crippen LogP contribution in [0.25, 0.3) is 0 Å². The summed E-state index contributed by atoms with van der Waals surface area (Å²) in [4.78, 5) is 24.1. The Morgan fingerprint density at radius 3 is 2.67 bits per heavy atom. The van der Waals surface area contributed by atoms with Gasteiger partial charge in [0.1, 0.15) is 15.3 Å². The summed E-state index contributed by atoms with van der Waals surface area (Å²) >= 11 is 2.84. The van der Waals surface area contributed by atoms with E-state index in [0.29, 0.717) is 3.72 Å². The maximum absolute atomic E-state index is 10.4. The summed E-state index contributed by atoms with van der Waals surface area (Å²) in [6.45, 7) is 0. The standard InChI is InChI=1S/C4H2INO2S/c5-3-2(1-7)9-4(8)6-3/h1-2H. The molecule has 0 aromatic carbocycles. The van der Waals surface area contributed by atoms with E-state index in [-0.39, 0.29) is 10.5 Å². The number of halogens is 1. The molecule has 0 aromatic rings. The lowest BCUT2D eigenvalue weighted by molar-refractivity contribution is -0.106.